The number of ether oxygens (including phenoxy) is 1. The summed E-state index contributed by atoms with van der Waals surface area (Å²) < 4.78 is 33.4. The second-order valence-corrected chi connectivity index (χ2v) is 10.3. The van der Waals surface area contributed by atoms with E-state index < -0.39 is 16.1 Å². The predicted octanol–water partition coefficient (Wildman–Crippen LogP) is 3.30. The Labute approximate surface area is 181 Å². The summed E-state index contributed by atoms with van der Waals surface area (Å²) in [6.07, 6.45) is 4.10. The summed E-state index contributed by atoms with van der Waals surface area (Å²) in [6, 6.07) is 5.44. The van der Waals surface area contributed by atoms with Crippen LogP contribution in [0.4, 0.5) is 10.5 Å². The molecule has 164 valence electrons. The normalized spacial score (nSPS) is 19.4. The highest BCUT2D eigenvalue weighted by Gasteiger charge is 2.27. The fourth-order valence-electron chi connectivity index (χ4n) is 3.68. The van der Waals surface area contributed by atoms with Crippen molar-refractivity contribution in [3.63, 3.8) is 0 Å². The maximum atomic E-state index is 12.8. The summed E-state index contributed by atoms with van der Waals surface area (Å²) in [7, 11) is 0.116. The van der Waals surface area contributed by atoms with Gasteiger partial charge in [0.05, 0.1) is 14.8 Å². The van der Waals surface area contributed by atoms with E-state index in [0.717, 1.165) is 41.3 Å². The predicted molar refractivity (Wildman–Crippen MR) is 118 cm³/mol. The second-order valence-electron chi connectivity index (χ2n) is 7.55. The molecule has 0 bridgehead atoms. The average Bonchev–Trinajstić information content (AvgIpc) is 3.17. The molecular weight excluding hydrogens is 424 g/mol. The van der Waals surface area contributed by atoms with Gasteiger partial charge >= 0.3 is 6.09 Å². The minimum atomic E-state index is -3.64. The van der Waals surface area contributed by atoms with Gasteiger partial charge in [-0.25, -0.2) is 22.9 Å². The number of amides is 1. The zero-order valence-electron chi connectivity index (χ0n) is 17.4. The van der Waals surface area contributed by atoms with Crippen molar-refractivity contribution in [3.05, 3.63) is 29.4 Å². The number of nitrogens with two attached hydrogens (primary N) is 1. The number of nitrogens with one attached hydrogen (secondary N) is 1. The van der Waals surface area contributed by atoms with Crippen LogP contribution in [0.25, 0.3) is 10.4 Å². The Bertz CT molecular complexity index is 996. The van der Waals surface area contributed by atoms with Crippen molar-refractivity contribution in [2.24, 2.45) is 5.73 Å². The van der Waals surface area contributed by atoms with Crippen molar-refractivity contribution in [2.45, 2.75) is 49.5 Å². The number of sulfonamides is 1. The number of benzene rings is 1. The lowest BCUT2D eigenvalue weighted by molar-refractivity contribution is 0.0787. The van der Waals surface area contributed by atoms with Crippen molar-refractivity contribution in [3.8, 4) is 10.4 Å². The van der Waals surface area contributed by atoms with Gasteiger partial charge in [0.15, 0.2) is 0 Å². The average molecular weight is 453 g/mol. The third-order valence-corrected chi connectivity index (χ3v) is 7.98. The number of nitrogens with zero attached hydrogens (tertiary/aromatic N) is 2. The number of anilines is 1. The molecule has 0 radical (unpaired) electrons. The number of aromatic nitrogens is 1. The zero-order valence-corrected chi connectivity index (χ0v) is 19.1. The van der Waals surface area contributed by atoms with E-state index in [4.69, 9.17) is 10.5 Å². The van der Waals surface area contributed by atoms with E-state index in [1.807, 2.05) is 31.1 Å². The van der Waals surface area contributed by atoms with E-state index in [0.29, 0.717) is 12.1 Å². The van der Waals surface area contributed by atoms with Crippen LogP contribution in [0.1, 0.15) is 43.5 Å². The smallest absolute Gasteiger partial charge is 0.404 e. The van der Waals surface area contributed by atoms with Crippen molar-refractivity contribution >= 4 is 33.1 Å². The first-order chi connectivity index (χ1) is 14.2. The van der Waals surface area contributed by atoms with Crippen LogP contribution >= 0.6 is 11.3 Å². The highest BCUT2D eigenvalue weighted by atomic mass is 32.2. The van der Waals surface area contributed by atoms with Crippen molar-refractivity contribution in [1.29, 1.82) is 0 Å². The van der Waals surface area contributed by atoms with Crippen LogP contribution in [-0.4, -0.2) is 46.2 Å². The molecule has 0 saturated heterocycles. The first kappa shape index (κ1) is 22.5. The Hall–Kier alpha value is -2.17. The van der Waals surface area contributed by atoms with Gasteiger partial charge in [0.2, 0.25) is 10.0 Å². The number of carbonyl (C=O) groups excluding carboxylic acids is 1. The summed E-state index contributed by atoms with van der Waals surface area (Å²) >= 11 is 1.52. The number of primary amides is 1. The number of thiazole rings is 1. The first-order valence-electron chi connectivity index (χ1n) is 9.94. The number of hydrogen-bond donors (Lipinski definition) is 2. The Morgan fingerprint density at radius 1 is 1.30 bits per heavy atom. The van der Waals surface area contributed by atoms with Crippen LogP contribution in [0, 0.1) is 0 Å². The summed E-state index contributed by atoms with van der Waals surface area (Å²) in [6.45, 7) is 2.08. The quantitative estimate of drug-likeness (QED) is 0.666. The molecule has 2 aromatic rings. The Balaban J connectivity index is 1.87. The van der Waals surface area contributed by atoms with Gasteiger partial charge in [-0.1, -0.05) is 13.0 Å². The van der Waals surface area contributed by atoms with Crippen LogP contribution < -0.4 is 15.4 Å². The minimum absolute atomic E-state index is 0.131. The molecule has 3 rings (SSSR count). The van der Waals surface area contributed by atoms with Crippen molar-refractivity contribution in [1.82, 2.24) is 9.71 Å². The second kappa shape index (κ2) is 9.32. The molecule has 1 amide bonds. The van der Waals surface area contributed by atoms with Gasteiger partial charge in [0, 0.05) is 44.0 Å². The van der Waals surface area contributed by atoms with Gasteiger partial charge in [-0.3, -0.25) is 0 Å². The van der Waals surface area contributed by atoms with E-state index in [1.54, 1.807) is 19.2 Å². The molecule has 1 aliphatic rings. The summed E-state index contributed by atoms with van der Waals surface area (Å²) in [5.74, 6) is 0.270. The van der Waals surface area contributed by atoms with E-state index in [-0.39, 0.29) is 16.9 Å². The third-order valence-electron chi connectivity index (χ3n) is 5.20. The van der Waals surface area contributed by atoms with Crippen molar-refractivity contribution < 1.29 is 17.9 Å². The molecule has 1 saturated carbocycles. The van der Waals surface area contributed by atoms with E-state index in [9.17, 15) is 13.2 Å². The molecule has 1 aromatic carbocycles. The Morgan fingerprint density at radius 2 is 2.00 bits per heavy atom. The molecule has 1 aliphatic carbocycles. The lowest BCUT2D eigenvalue weighted by Gasteiger charge is -2.26. The number of rotatable bonds is 7. The van der Waals surface area contributed by atoms with Crippen LogP contribution in [0.2, 0.25) is 0 Å². The van der Waals surface area contributed by atoms with Crippen LogP contribution in [0.3, 0.4) is 0 Å². The fourth-order valence-corrected chi connectivity index (χ4v) is 6.15. The van der Waals surface area contributed by atoms with Gasteiger partial charge in [0.1, 0.15) is 6.10 Å². The van der Waals surface area contributed by atoms with Gasteiger partial charge in [-0.15, -0.1) is 11.3 Å². The van der Waals surface area contributed by atoms with Crippen LogP contribution in [-0.2, 0) is 14.8 Å². The molecule has 1 fully saturated rings. The molecular formula is C20H28N4O4S2. The Morgan fingerprint density at radius 3 is 2.60 bits per heavy atom. The third kappa shape index (κ3) is 5.11. The lowest BCUT2D eigenvalue weighted by Crippen LogP contribution is -2.26. The molecule has 10 heteroatoms. The molecule has 0 spiro atoms. The molecule has 30 heavy (non-hydrogen) atoms. The number of carbonyl (C=O) groups is 1. The molecule has 8 nitrogen and oxygen atoms in total. The molecule has 1 aromatic heterocycles. The highest BCUT2D eigenvalue weighted by molar-refractivity contribution is 7.89. The summed E-state index contributed by atoms with van der Waals surface area (Å²) in [5.41, 5.74) is 6.57. The van der Waals surface area contributed by atoms with Gasteiger partial charge in [0.25, 0.3) is 0 Å². The highest BCUT2D eigenvalue weighted by Crippen LogP contribution is 2.40. The van der Waals surface area contributed by atoms with Gasteiger partial charge in [-0.05, 0) is 37.8 Å². The van der Waals surface area contributed by atoms with Gasteiger partial charge in [-0.2, -0.15) is 0 Å². The number of hydrogen-bond acceptors (Lipinski definition) is 7. The molecule has 0 atom stereocenters. The SMILES string of the molecule is CCNS(=O)(=O)c1cc(N(C)C)ccc1-c1cnc([C@H]2CC[C@H](OC(N)=O)CC2)s1. The zero-order chi connectivity index (χ0) is 21.9. The molecule has 3 N–H and O–H groups in total. The van der Waals surface area contributed by atoms with Crippen molar-refractivity contribution in [2.75, 3.05) is 25.5 Å². The topological polar surface area (TPSA) is 115 Å². The van der Waals surface area contributed by atoms with Crippen LogP contribution in [0.5, 0.6) is 0 Å². The summed E-state index contributed by atoms with van der Waals surface area (Å²) in [5, 5.41) is 0.978. The largest absolute Gasteiger partial charge is 0.446 e. The summed E-state index contributed by atoms with van der Waals surface area (Å²) in [4.78, 5) is 18.5. The van der Waals surface area contributed by atoms with E-state index in [1.165, 1.54) is 11.3 Å². The Kier molecular flexibility index (Phi) is 6.99. The van der Waals surface area contributed by atoms with Crippen LogP contribution in [0.15, 0.2) is 29.3 Å². The first-order valence-corrected chi connectivity index (χ1v) is 12.2. The maximum Gasteiger partial charge on any atom is 0.404 e. The standard InChI is InChI=1S/C20H28N4O4S2/c1-4-23-30(26,27)18-11-14(24(2)3)7-10-16(18)17-12-22-19(29-17)13-5-8-15(9-6-13)28-20(21)25/h7,10-13,15,23H,4-6,8-9H2,1-3H3,(H2,21,25)/t13-,15-. The lowest BCUT2D eigenvalue weighted by atomic mass is 9.88. The molecule has 1 heterocycles. The van der Waals surface area contributed by atoms with Gasteiger partial charge < -0.3 is 15.4 Å². The van der Waals surface area contributed by atoms with E-state index >= 15 is 0 Å². The molecule has 0 unspecified atom stereocenters. The minimum Gasteiger partial charge on any atom is -0.446 e. The fraction of sp³-hybridized carbons (Fsp3) is 0.500. The molecule has 0 aliphatic heterocycles. The maximum absolute atomic E-state index is 12.8. The van der Waals surface area contributed by atoms with E-state index in [2.05, 4.69) is 9.71 Å². The monoisotopic (exact) mass is 452 g/mol.